The van der Waals surface area contributed by atoms with E-state index in [-0.39, 0.29) is 0 Å². The van der Waals surface area contributed by atoms with Gasteiger partial charge in [-0.3, -0.25) is 4.79 Å². The van der Waals surface area contributed by atoms with Crippen LogP contribution in [0.15, 0.2) is 34.9 Å². The third kappa shape index (κ3) is 2.50. The highest BCUT2D eigenvalue weighted by Gasteiger charge is 2.00. The number of aldehydes is 1. The molecule has 0 N–H and O–H groups in total. The number of carbonyl (C=O) groups is 1. The molecule has 0 unspecified atom stereocenters. The zero-order valence-electron chi connectivity index (χ0n) is 7.80. The van der Waals surface area contributed by atoms with E-state index in [1.165, 1.54) is 0 Å². The van der Waals surface area contributed by atoms with Crippen molar-refractivity contribution in [3.63, 3.8) is 0 Å². The average molecular weight is 266 g/mol. The third-order valence-electron chi connectivity index (χ3n) is 1.91. The maximum Gasteiger partial charge on any atom is 0.171 e. The maximum absolute atomic E-state index is 10.4. The first-order valence-corrected chi connectivity index (χ1v) is 5.17. The Morgan fingerprint density at radius 2 is 2.33 bits per heavy atom. The van der Waals surface area contributed by atoms with Gasteiger partial charge in [0.2, 0.25) is 0 Å². The lowest BCUT2D eigenvalue weighted by atomic mass is 10.2. The number of halogens is 1. The van der Waals surface area contributed by atoms with Crippen molar-refractivity contribution in [2.45, 2.75) is 6.54 Å². The summed E-state index contributed by atoms with van der Waals surface area (Å²) < 4.78 is 2.65. The third-order valence-corrected chi connectivity index (χ3v) is 2.40. The molecular formula is C10H8BrN3O. The first kappa shape index (κ1) is 10.0. The molecular weight excluding hydrogens is 258 g/mol. The summed E-state index contributed by atoms with van der Waals surface area (Å²) >= 11 is 3.39. The minimum atomic E-state index is 0.352. The zero-order chi connectivity index (χ0) is 10.7. The van der Waals surface area contributed by atoms with E-state index in [9.17, 15) is 4.79 Å². The quantitative estimate of drug-likeness (QED) is 0.797. The van der Waals surface area contributed by atoms with Gasteiger partial charge in [-0.2, -0.15) is 0 Å². The van der Waals surface area contributed by atoms with Gasteiger partial charge in [0.15, 0.2) is 6.29 Å². The monoisotopic (exact) mass is 265 g/mol. The molecule has 0 fully saturated rings. The lowest BCUT2D eigenvalue weighted by molar-refractivity contribution is 0.111. The summed E-state index contributed by atoms with van der Waals surface area (Å²) in [6.07, 6.45) is 2.30. The molecule has 0 radical (unpaired) electrons. The van der Waals surface area contributed by atoms with Gasteiger partial charge in [0.25, 0.3) is 0 Å². The number of hydrogen-bond acceptors (Lipinski definition) is 3. The van der Waals surface area contributed by atoms with Crippen LogP contribution < -0.4 is 0 Å². The first-order chi connectivity index (χ1) is 7.28. The SMILES string of the molecule is O=Cc1cn(Cc2cccc(Br)c2)nn1. The smallest absolute Gasteiger partial charge is 0.171 e. The molecule has 0 aliphatic carbocycles. The van der Waals surface area contributed by atoms with Crippen LogP contribution in [0.3, 0.4) is 0 Å². The van der Waals surface area contributed by atoms with E-state index in [1.807, 2.05) is 24.3 Å². The molecule has 0 spiro atoms. The van der Waals surface area contributed by atoms with Crippen LogP contribution in [-0.4, -0.2) is 21.3 Å². The van der Waals surface area contributed by atoms with Crippen LogP contribution in [0.4, 0.5) is 0 Å². The Morgan fingerprint density at radius 3 is 3.00 bits per heavy atom. The molecule has 0 saturated heterocycles. The van der Waals surface area contributed by atoms with Crippen molar-refractivity contribution in [3.8, 4) is 0 Å². The molecule has 0 aliphatic heterocycles. The second-order valence-electron chi connectivity index (χ2n) is 3.09. The fourth-order valence-electron chi connectivity index (χ4n) is 1.27. The Morgan fingerprint density at radius 1 is 1.47 bits per heavy atom. The van der Waals surface area contributed by atoms with E-state index in [0.717, 1.165) is 10.0 Å². The highest BCUT2D eigenvalue weighted by molar-refractivity contribution is 9.10. The molecule has 1 aromatic heterocycles. The fourth-order valence-corrected chi connectivity index (χ4v) is 1.71. The molecule has 0 saturated carbocycles. The van der Waals surface area contributed by atoms with Gasteiger partial charge in [0.1, 0.15) is 5.69 Å². The minimum absolute atomic E-state index is 0.352. The second kappa shape index (κ2) is 4.35. The molecule has 15 heavy (non-hydrogen) atoms. The van der Waals surface area contributed by atoms with Crippen molar-refractivity contribution in [1.29, 1.82) is 0 Å². The average Bonchev–Trinajstić information content (AvgIpc) is 2.65. The number of hydrogen-bond donors (Lipinski definition) is 0. The summed E-state index contributed by atoms with van der Waals surface area (Å²) in [4.78, 5) is 10.4. The summed E-state index contributed by atoms with van der Waals surface area (Å²) in [5.74, 6) is 0. The summed E-state index contributed by atoms with van der Waals surface area (Å²) in [6.45, 7) is 0.611. The lowest BCUT2D eigenvalue weighted by Crippen LogP contribution is -2.00. The Kier molecular flexibility index (Phi) is 2.91. The van der Waals surface area contributed by atoms with Crippen molar-refractivity contribution < 1.29 is 4.79 Å². The van der Waals surface area contributed by atoms with E-state index in [1.54, 1.807) is 10.9 Å². The highest BCUT2D eigenvalue weighted by Crippen LogP contribution is 2.12. The van der Waals surface area contributed by atoms with Gasteiger partial charge in [0.05, 0.1) is 12.7 Å². The van der Waals surface area contributed by atoms with Crippen LogP contribution >= 0.6 is 15.9 Å². The predicted molar refractivity (Wildman–Crippen MR) is 58.7 cm³/mol. The van der Waals surface area contributed by atoms with Crippen LogP contribution in [0.1, 0.15) is 16.1 Å². The van der Waals surface area contributed by atoms with E-state index >= 15 is 0 Å². The molecule has 2 rings (SSSR count). The fraction of sp³-hybridized carbons (Fsp3) is 0.100. The largest absolute Gasteiger partial charge is 0.296 e. The molecule has 0 atom stereocenters. The number of benzene rings is 1. The zero-order valence-corrected chi connectivity index (χ0v) is 9.39. The van der Waals surface area contributed by atoms with Crippen molar-refractivity contribution in [2.75, 3.05) is 0 Å². The normalized spacial score (nSPS) is 10.2. The van der Waals surface area contributed by atoms with Gasteiger partial charge in [-0.05, 0) is 17.7 Å². The number of rotatable bonds is 3. The molecule has 1 heterocycles. The van der Waals surface area contributed by atoms with Crippen LogP contribution in [0, 0.1) is 0 Å². The van der Waals surface area contributed by atoms with E-state index in [2.05, 4.69) is 26.2 Å². The molecule has 0 amide bonds. The highest BCUT2D eigenvalue weighted by atomic mass is 79.9. The van der Waals surface area contributed by atoms with E-state index < -0.39 is 0 Å². The Hall–Kier alpha value is -1.49. The van der Waals surface area contributed by atoms with Gasteiger partial charge in [0, 0.05) is 4.47 Å². The van der Waals surface area contributed by atoms with Crippen LogP contribution in [-0.2, 0) is 6.54 Å². The molecule has 4 nitrogen and oxygen atoms in total. The molecule has 0 bridgehead atoms. The van der Waals surface area contributed by atoms with Crippen LogP contribution in [0.5, 0.6) is 0 Å². The summed E-state index contributed by atoms with van der Waals surface area (Å²) in [6, 6.07) is 7.91. The van der Waals surface area contributed by atoms with Gasteiger partial charge >= 0.3 is 0 Å². The molecule has 5 heteroatoms. The minimum Gasteiger partial charge on any atom is -0.296 e. The van der Waals surface area contributed by atoms with E-state index in [4.69, 9.17) is 0 Å². The Labute approximate surface area is 95.0 Å². The Bertz CT molecular complexity index is 481. The van der Waals surface area contributed by atoms with Gasteiger partial charge in [-0.25, -0.2) is 4.68 Å². The van der Waals surface area contributed by atoms with Crippen LogP contribution in [0.25, 0.3) is 0 Å². The number of aromatic nitrogens is 3. The van der Waals surface area contributed by atoms with Crippen LogP contribution in [0.2, 0.25) is 0 Å². The molecule has 1 aromatic carbocycles. The maximum atomic E-state index is 10.4. The van der Waals surface area contributed by atoms with E-state index in [0.29, 0.717) is 18.5 Å². The second-order valence-corrected chi connectivity index (χ2v) is 4.00. The van der Waals surface area contributed by atoms with Crippen molar-refractivity contribution in [2.24, 2.45) is 0 Å². The van der Waals surface area contributed by atoms with Crippen molar-refractivity contribution >= 4 is 22.2 Å². The molecule has 2 aromatic rings. The van der Waals surface area contributed by atoms with Crippen molar-refractivity contribution in [1.82, 2.24) is 15.0 Å². The summed E-state index contributed by atoms with van der Waals surface area (Å²) in [5, 5.41) is 7.52. The summed E-state index contributed by atoms with van der Waals surface area (Å²) in [5.41, 5.74) is 1.46. The molecule has 76 valence electrons. The first-order valence-electron chi connectivity index (χ1n) is 4.37. The summed E-state index contributed by atoms with van der Waals surface area (Å²) in [7, 11) is 0. The van der Waals surface area contributed by atoms with Gasteiger partial charge in [-0.15, -0.1) is 5.10 Å². The number of carbonyl (C=O) groups excluding carboxylic acids is 1. The Balaban J connectivity index is 2.18. The predicted octanol–water partition coefficient (Wildman–Crippen LogP) is 1.90. The lowest BCUT2D eigenvalue weighted by Gasteiger charge is -2.00. The number of nitrogens with zero attached hydrogens (tertiary/aromatic N) is 3. The van der Waals surface area contributed by atoms with Crippen molar-refractivity contribution in [3.05, 3.63) is 46.2 Å². The molecule has 0 aliphatic rings. The standard InChI is InChI=1S/C10H8BrN3O/c11-9-3-1-2-8(4-9)5-14-6-10(7-15)12-13-14/h1-4,6-7H,5H2. The van der Waals surface area contributed by atoms with Gasteiger partial charge in [-0.1, -0.05) is 33.3 Å². The topological polar surface area (TPSA) is 47.8 Å². The van der Waals surface area contributed by atoms with Gasteiger partial charge < -0.3 is 0 Å².